The van der Waals surface area contributed by atoms with Gasteiger partial charge in [-0.1, -0.05) is 18.2 Å². The van der Waals surface area contributed by atoms with Crippen molar-refractivity contribution in [1.82, 2.24) is 10.6 Å². The van der Waals surface area contributed by atoms with Gasteiger partial charge < -0.3 is 20.5 Å². The lowest BCUT2D eigenvalue weighted by Crippen LogP contribution is -2.43. The molecule has 0 radical (unpaired) electrons. The Morgan fingerprint density at radius 3 is 2.55 bits per heavy atom. The molecule has 0 fully saturated rings. The number of hydrogen-bond donors (Lipinski definition) is 3. The van der Waals surface area contributed by atoms with E-state index in [9.17, 15) is 9.90 Å². The van der Waals surface area contributed by atoms with Gasteiger partial charge in [0.2, 0.25) is 0 Å². The molecule has 5 nitrogen and oxygen atoms in total. The van der Waals surface area contributed by atoms with Crippen LogP contribution in [-0.2, 0) is 11.3 Å². The van der Waals surface area contributed by atoms with Crippen molar-refractivity contribution >= 4 is 18.3 Å². The van der Waals surface area contributed by atoms with E-state index in [-0.39, 0.29) is 30.5 Å². The third-order valence-corrected chi connectivity index (χ3v) is 2.60. The summed E-state index contributed by atoms with van der Waals surface area (Å²) < 4.78 is 5.59. The van der Waals surface area contributed by atoms with Gasteiger partial charge >= 0.3 is 0 Å². The van der Waals surface area contributed by atoms with Crippen LogP contribution in [0.15, 0.2) is 24.3 Å². The highest BCUT2D eigenvalue weighted by Gasteiger charge is 2.14. The number of halogens is 1. The molecule has 0 aliphatic heterocycles. The van der Waals surface area contributed by atoms with E-state index in [2.05, 4.69) is 10.6 Å². The fourth-order valence-corrected chi connectivity index (χ4v) is 1.80. The molecule has 0 spiro atoms. The van der Waals surface area contributed by atoms with Gasteiger partial charge in [-0.3, -0.25) is 4.79 Å². The number of nitrogens with one attached hydrogen (secondary N) is 2. The molecule has 1 rings (SSSR count). The van der Waals surface area contributed by atoms with Gasteiger partial charge in [0.05, 0.1) is 6.10 Å². The maximum Gasteiger partial charge on any atom is 0.258 e. The van der Waals surface area contributed by atoms with Gasteiger partial charge in [0.15, 0.2) is 6.61 Å². The molecule has 1 aromatic carbocycles. The van der Waals surface area contributed by atoms with E-state index in [4.69, 9.17) is 4.74 Å². The molecule has 0 saturated carbocycles. The van der Waals surface area contributed by atoms with Crippen LogP contribution in [0.1, 0.15) is 33.3 Å². The van der Waals surface area contributed by atoms with Crippen molar-refractivity contribution in [3.8, 4) is 5.75 Å². The molecule has 6 heteroatoms. The largest absolute Gasteiger partial charge is 0.483 e. The molecule has 22 heavy (non-hydrogen) atoms. The van der Waals surface area contributed by atoms with Gasteiger partial charge in [0, 0.05) is 24.2 Å². The quantitative estimate of drug-likeness (QED) is 0.714. The summed E-state index contributed by atoms with van der Waals surface area (Å²) in [5, 5.41) is 15.2. The normalized spacial score (nSPS) is 12.2. The lowest BCUT2D eigenvalue weighted by molar-refractivity contribution is -0.124. The van der Waals surface area contributed by atoms with E-state index in [0.717, 1.165) is 5.56 Å². The van der Waals surface area contributed by atoms with Crippen molar-refractivity contribution in [2.24, 2.45) is 0 Å². The number of carbonyl (C=O) groups is 1. The minimum atomic E-state index is -0.393. The Morgan fingerprint density at radius 1 is 1.32 bits per heavy atom. The van der Waals surface area contributed by atoms with Crippen LogP contribution in [0.25, 0.3) is 0 Å². The number of benzene rings is 1. The summed E-state index contributed by atoms with van der Waals surface area (Å²) in [6.07, 6.45) is -0.393. The maximum absolute atomic E-state index is 11.8. The zero-order chi connectivity index (χ0) is 15.9. The monoisotopic (exact) mass is 330 g/mol. The van der Waals surface area contributed by atoms with Crippen molar-refractivity contribution < 1.29 is 14.6 Å². The van der Waals surface area contributed by atoms with Crippen LogP contribution in [-0.4, -0.2) is 35.8 Å². The second kappa shape index (κ2) is 9.66. The smallest absolute Gasteiger partial charge is 0.258 e. The number of para-hydroxylation sites is 1. The Balaban J connectivity index is 0.00000441. The molecule has 0 heterocycles. The zero-order valence-electron chi connectivity index (χ0n) is 13.7. The van der Waals surface area contributed by atoms with Crippen LogP contribution in [0.4, 0.5) is 0 Å². The van der Waals surface area contributed by atoms with Crippen LogP contribution >= 0.6 is 12.4 Å². The predicted molar refractivity (Wildman–Crippen MR) is 90.5 cm³/mol. The minimum absolute atomic E-state index is 0. The lowest BCUT2D eigenvalue weighted by Gasteiger charge is -2.21. The summed E-state index contributed by atoms with van der Waals surface area (Å²) in [4.78, 5) is 11.8. The summed E-state index contributed by atoms with van der Waals surface area (Å²) in [5.41, 5.74) is 0.695. The van der Waals surface area contributed by atoms with Crippen molar-refractivity contribution in [3.05, 3.63) is 29.8 Å². The molecule has 3 N–H and O–H groups in total. The average molecular weight is 331 g/mol. The SMILES string of the molecule is CC(O)CNCc1ccccc1OCC(=O)NC(C)(C)C.Cl. The fraction of sp³-hybridized carbons (Fsp3) is 0.562. The molecule has 0 aliphatic rings. The predicted octanol–water partition coefficient (Wildman–Crippen LogP) is 1.87. The fourth-order valence-electron chi connectivity index (χ4n) is 1.80. The zero-order valence-corrected chi connectivity index (χ0v) is 14.5. The van der Waals surface area contributed by atoms with Gasteiger partial charge in [-0.05, 0) is 33.8 Å². The first-order valence-electron chi connectivity index (χ1n) is 7.18. The third-order valence-electron chi connectivity index (χ3n) is 2.60. The molecule has 1 atom stereocenters. The van der Waals surface area contributed by atoms with E-state index >= 15 is 0 Å². The van der Waals surface area contributed by atoms with E-state index in [1.165, 1.54) is 0 Å². The van der Waals surface area contributed by atoms with Crippen LogP contribution < -0.4 is 15.4 Å². The van der Waals surface area contributed by atoms with Gasteiger partial charge in [-0.15, -0.1) is 12.4 Å². The summed E-state index contributed by atoms with van der Waals surface area (Å²) in [6, 6.07) is 7.56. The molecule has 0 aliphatic carbocycles. The van der Waals surface area contributed by atoms with Gasteiger partial charge in [0.25, 0.3) is 5.91 Å². The number of carbonyl (C=O) groups excluding carboxylic acids is 1. The Hall–Kier alpha value is -1.30. The molecule has 1 amide bonds. The Kier molecular flexibility index (Phi) is 9.09. The summed E-state index contributed by atoms with van der Waals surface area (Å²) in [5.74, 6) is 0.536. The number of hydrogen-bond acceptors (Lipinski definition) is 4. The Labute approximate surface area is 138 Å². The average Bonchev–Trinajstić information content (AvgIpc) is 2.35. The number of amides is 1. The highest BCUT2D eigenvalue weighted by Crippen LogP contribution is 2.17. The molecular formula is C16H27ClN2O3. The summed E-state index contributed by atoms with van der Waals surface area (Å²) >= 11 is 0. The molecule has 0 saturated heterocycles. The van der Waals surface area contributed by atoms with Crippen LogP contribution in [0.3, 0.4) is 0 Å². The molecule has 0 aromatic heterocycles. The van der Waals surface area contributed by atoms with E-state index < -0.39 is 6.10 Å². The van der Waals surface area contributed by atoms with Crippen molar-refractivity contribution in [3.63, 3.8) is 0 Å². The van der Waals surface area contributed by atoms with Crippen molar-refractivity contribution in [1.29, 1.82) is 0 Å². The third kappa shape index (κ3) is 8.87. The van der Waals surface area contributed by atoms with Gasteiger partial charge in [0.1, 0.15) is 5.75 Å². The topological polar surface area (TPSA) is 70.6 Å². The highest BCUT2D eigenvalue weighted by molar-refractivity contribution is 5.85. The lowest BCUT2D eigenvalue weighted by atomic mass is 10.1. The number of aliphatic hydroxyl groups is 1. The second-order valence-corrected chi connectivity index (χ2v) is 6.17. The molecule has 1 unspecified atom stereocenters. The first-order valence-corrected chi connectivity index (χ1v) is 7.18. The summed E-state index contributed by atoms with van der Waals surface area (Å²) in [6.45, 7) is 8.61. The van der Waals surface area contributed by atoms with Crippen LogP contribution in [0.2, 0.25) is 0 Å². The first-order chi connectivity index (χ1) is 9.78. The first kappa shape index (κ1) is 20.7. The molecule has 0 bridgehead atoms. The number of ether oxygens (including phenoxy) is 1. The van der Waals surface area contributed by atoms with Crippen LogP contribution in [0.5, 0.6) is 5.75 Å². The highest BCUT2D eigenvalue weighted by atomic mass is 35.5. The minimum Gasteiger partial charge on any atom is -0.483 e. The maximum atomic E-state index is 11.8. The molecular weight excluding hydrogens is 304 g/mol. The Bertz CT molecular complexity index is 459. The molecule has 126 valence electrons. The Morgan fingerprint density at radius 2 is 1.95 bits per heavy atom. The van der Waals surface area contributed by atoms with Crippen molar-refractivity contribution in [2.75, 3.05) is 13.2 Å². The molecule has 1 aromatic rings. The standard InChI is InChI=1S/C16H26N2O3.ClH/c1-12(19)9-17-10-13-7-5-6-8-14(13)21-11-15(20)18-16(2,3)4;/h5-8,12,17,19H,9-11H2,1-4H3,(H,18,20);1H. The van der Waals surface area contributed by atoms with Gasteiger partial charge in [-0.25, -0.2) is 0 Å². The van der Waals surface area contributed by atoms with Crippen LogP contribution in [0, 0.1) is 0 Å². The number of aliphatic hydroxyl groups excluding tert-OH is 1. The van der Waals surface area contributed by atoms with E-state index in [1.807, 2.05) is 45.0 Å². The van der Waals surface area contributed by atoms with Crippen molar-refractivity contribution in [2.45, 2.75) is 45.9 Å². The van der Waals surface area contributed by atoms with E-state index in [0.29, 0.717) is 18.8 Å². The summed E-state index contributed by atoms with van der Waals surface area (Å²) in [7, 11) is 0. The van der Waals surface area contributed by atoms with E-state index in [1.54, 1.807) is 6.92 Å². The number of rotatable bonds is 7. The van der Waals surface area contributed by atoms with Gasteiger partial charge in [-0.2, -0.15) is 0 Å². The second-order valence-electron chi connectivity index (χ2n) is 6.17.